The van der Waals surface area contributed by atoms with E-state index in [-0.39, 0.29) is 5.69 Å². The van der Waals surface area contributed by atoms with E-state index in [4.69, 9.17) is 0 Å². The first-order valence-corrected chi connectivity index (χ1v) is 6.11. The summed E-state index contributed by atoms with van der Waals surface area (Å²) in [6.45, 7) is 0. The van der Waals surface area contributed by atoms with Crippen LogP contribution in [0.25, 0.3) is 11.1 Å². The molecule has 0 bridgehead atoms. The van der Waals surface area contributed by atoms with Gasteiger partial charge in [-0.2, -0.15) is 17.6 Å². The van der Waals surface area contributed by atoms with Gasteiger partial charge in [0.1, 0.15) is 0 Å². The van der Waals surface area contributed by atoms with Crippen molar-refractivity contribution >= 4 is 17.3 Å². The normalized spacial score (nSPS) is 11.1. The number of anilines is 1. The fourth-order valence-corrected chi connectivity index (χ4v) is 1.78. The van der Waals surface area contributed by atoms with Crippen LogP contribution in [0.4, 0.5) is 28.9 Å². The van der Waals surface area contributed by atoms with Crippen molar-refractivity contribution in [1.29, 1.82) is 0 Å². The Morgan fingerprint density at radius 2 is 1.61 bits per heavy atom. The molecule has 0 heterocycles. The number of alkyl halides is 3. The Morgan fingerprint density at radius 1 is 1.04 bits per heavy atom. The molecule has 0 radical (unpaired) electrons. The van der Waals surface area contributed by atoms with Crippen LogP contribution in [0.2, 0.25) is 0 Å². The van der Waals surface area contributed by atoms with Crippen molar-refractivity contribution in [3.8, 4) is 11.1 Å². The summed E-state index contributed by atoms with van der Waals surface area (Å²) < 4.78 is 49.6. The third-order valence-electron chi connectivity index (χ3n) is 2.88. The van der Waals surface area contributed by atoms with Crippen LogP contribution in [0.1, 0.15) is 0 Å². The number of nitro groups is 1. The van der Waals surface area contributed by atoms with Crippen molar-refractivity contribution in [3.63, 3.8) is 0 Å². The van der Waals surface area contributed by atoms with Gasteiger partial charge in [-0.3, -0.25) is 14.9 Å². The fourth-order valence-electron chi connectivity index (χ4n) is 1.78. The third-order valence-corrected chi connectivity index (χ3v) is 2.88. The van der Waals surface area contributed by atoms with Crippen molar-refractivity contribution in [2.45, 2.75) is 6.18 Å². The summed E-state index contributed by atoms with van der Waals surface area (Å²) in [6.07, 6.45) is -5.00. The average molecular weight is 328 g/mol. The van der Waals surface area contributed by atoms with Crippen molar-refractivity contribution < 1.29 is 27.3 Å². The Balaban J connectivity index is 2.25. The molecule has 120 valence electrons. The molecule has 0 atom stereocenters. The van der Waals surface area contributed by atoms with Crippen LogP contribution in [-0.2, 0) is 4.79 Å². The van der Waals surface area contributed by atoms with Gasteiger partial charge in [0.05, 0.1) is 4.92 Å². The molecule has 2 aromatic rings. The molecular formula is C14H8F4N2O3. The van der Waals surface area contributed by atoms with Crippen molar-refractivity contribution in [2.24, 2.45) is 0 Å². The van der Waals surface area contributed by atoms with E-state index in [9.17, 15) is 32.5 Å². The SMILES string of the molecule is O=C(Nc1ccc(-c2ccc(F)c([N+](=O)[O-])c2)cc1)C(F)(F)F. The van der Waals surface area contributed by atoms with E-state index in [2.05, 4.69) is 0 Å². The van der Waals surface area contributed by atoms with E-state index in [1.165, 1.54) is 30.3 Å². The smallest absolute Gasteiger partial charge is 0.318 e. The summed E-state index contributed by atoms with van der Waals surface area (Å²) in [5, 5.41) is 12.4. The van der Waals surface area contributed by atoms with E-state index in [0.717, 1.165) is 12.1 Å². The van der Waals surface area contributed by atoms with Gasteiger partial charge in [-0.1, -0.05) is 18.2 Å². The van der Waals surface area contributed by atoms with Crippen LogP contribution in [0.3, 0.4) is 0 Å². The van der Waals surface area contributed by atoms with Gasteiger partial charge < -0.3 is 5.32 Å². The molecule has 2 rings (SSSR count). The second-order valence-corrected chi connectivity index (χ2v) is 4.45. The molecule has 23 heavy (non-hydrogen) atoms. The molecular weight excluding hydrogens is 320 g/mol. The zero-order valence-corrected chi connectivity index (χ0v) is 11.2. The summed E-state index contributed by atoms with van der Waals surface area (Å²) in [7, 11) is 0. The van der Waals surface area contributed by atoms with Gasteiger partial charge in [0, 0.05) is 11.8 Å². The molecule has 0 aromatic heterocycles. The van der Waals surface area contributed by atoms with Crippen LogP contribution >= 0.6 is 0 Å². The highest BCUT2D eigenvalue weighted by molar-refractivity contribution is 5.95. The first-order chi connectivity index (χ1) is 10.7. The first-order valence-electron chi connectivity index (χ1n) is 6.11. The molecule has 0 unspecified atom stereocenters. The quantitative estimate of drug-likeness (QED) is 0.527. The second-order valence-electron chi connectivity index (χ2n) is 4.45. The Kier molecular flexibility index (Phi) is 4.30. The van der Waals surface area contributed by atoms with Gasteiger partial charge in [-0.25, -0.2) is 0 Å². The van der Waals surface area contributed by atoms with Gasteiger partial charge in [0.15, 0.2) is 0 Å². The lowest BCUT2D eigenvalue weighted by Gasteiger charge is -2.08. The van der Waals surface area contributed by atoms with Gasteiger partial charge in [-0.05, 0) is 29.3 Å². The first kappa shape index (κ1) is 16.4. The number of hydrogen-bond acceptors (Lipinski definition) is 3. The molecule has 0 aliphatic rings. The minimum absolute atomic E-state index is 0.0901. The molecule has 5 nitrogen and oxygen atoms in total. The summed E-state index contributed by atoms with van der Waals surface area (Å²) >= 11 is 0. The van der Waals surface area contributed by atoms with Crippen LogP contribution in [0.5, 0.6) is 0 Å². The summed E-state index contributed by atoms with van der Waals surface area (Å²) in [4.78, 5) is 20.6. The van der Waals surface area contributed by atoms with Crippen LogP contribution < -0.4 is 5.32 Å². The zero-order chi connectivity index (χ0) is 17.2. The lowest BCUT2D eigenvalue weighted by molar-refractivity contribution is -0.387. The highest BCUT2D eigenvalue weighted by Gasteiger charge is 2.38. The molecule has 0 saturated heterocycles. The molecule has 1 amide bonds. The number of nitrogens with one attached hydrogen (secondary N) is 1. The van der Waals surface area contributed by atoms with E-state index in [1.807, 2.05) is 0 Å². The van der Waals surface area contributed by atoms with E-state index in [1.54, 1.807) is 5.32 Å². The lowest BCUT2D eigenvalue weighted by Crippen LogP contribution is -2.29. The predicted octanol–water partition coefficient (Wildman–Crippen LogP) is 3.90. The number of carbonyl (C=O) groups excluding carboxylic acids is 1. The summed E-state index contributed by atoms with van der Waals surface area (Å²) in [5.74, 6) is -3.10. The Morgan fingerprint density at radius 3 is 2.13 bits per heavy atom. The number of rotatable bonds is 3. The zero-order valence-electron chi connectivity index (χ0n) is 11.2. The maximum Gasteiger partial charge on any atom is 0.471 e. The van der Waals surface area contributed by atoms with E-state index in [0.29, 0.717) is 11.1 Å². The summed E-state index contributed by atoms with van der Waals surface area (Å²) in [5.41, 5.74) is -0.0745. The molecule has 0 saturated carbocycles. The second kappa shape index (κ2) is 6.03. The number of nitrogens with zero attached hydrogens (tertiary/aromatic N) is 1. The molecule has 0 spiro atoms. The Labute approximate surface area is 126 Å². The Bertz CT molecular complexity index is 758. The molecule has 9 heteroatoms. The monoisotopic (exact) mass is 328 g/mol. The van der Waals surface area contributed by atoms with E-state index >= 15 is 0 Å². The van der Waals surface area contributed by atoms with Gasteiger partial charge in [0.2, 0.25) is 5.82 Å². The van der Waals surface area contributed by atoms with Gasteiger partial charge in [-0.15, -0.1) is 0 Å². The molecule has 2 aromatic carbocycles. The van der Waals surface area contributed by atoms with E-state index < -0.39 is 28.5 Å². The lowest BCUT2D eigenvalue weighted by atomic mass is 10.0. The number of halogens is 4. The van der Waals surface area contributed by atoms with Crippen molar-refractivity contribution in [1.82, 2.24) is 0 Å². The molecule has 1 N–H and O–H groups in total. The van der Waals surface area contributed by atoms with Crippen molar-refractivity contribution in [3.05, 3.63) is 58.4 Å². The molecule has 0 aliphatic carbocycles. The topological polar surface area (TPSA) is 72.2 Å². The highest BCUT2D eigenvalue weighted by Crippen LogP contribution is 2.27. The number of carbonyl (C=O) groups is 1. The minimum Gasteiger partial charge on any atom is -0.318 e. The largest absolute Gasteiger partial charge is 0.471 e. The van der Waals surface area contributed by atoms with Crippen LogP contribution in [0.15, 0.2) is 42.5 Å². The minimum atomic E-state index is -5.00. The maximum atomic E-state index is 13.3. The standard InChI is InChI=1S/C14H8F4N2O3/c15-11-6-3-9(7-12(11)20(22)23)8-1-4-10(5-2-8)19-13(21)14(16,17)18/h1-7H,(H,19,21). The summed E-state index contributed by atoms with van der Waals surface area (Å²) in [6, 6.07) is 8.34. The third kappa shape index (κ3) is 3.82. The Hall–Kier alpha value is -2.97. The fraction of sp³-hybridized carbons (Fsp3) is 0.0714. The maximum absolute atomic E-state index is 13.3. The molecule has 0 aliphatic heterocycles. The van der Waals surface area contributed by atoms with Gasteiger partial charge >= 0.3 is 17.8 Å². The average Bonchev–Trinajstić information content (AvgIpc) is 2.47. The number of nitro benzene ring substituents is 1. The predicted molar refractivity (Wildman–Crippen MR) is 73.2 cm³/mol. The van der Waals surface area contributed by atoms with Crippen LogP contribution in [-0.4, -0.2) is 17.0 Å². The number of benzene rings is 2. The number of hydrogen-bond donors (Lipinski definition) is 1. The number of amides is 1. The molecule has 0 fully saturated rings. The highest BCUT2D eigenvalue weighted by atomic mass is 19.4. The van der Waals surface area contributed by atoms with Gasteiger partial charge in [0.25, 0.3) is 0 Å². The van der Waals surface area contributed by atoms with Crippen LogP contribution in [0, 0.1) is 15.9 Å². The van der Waals surface area contributed by atoms with Crippen molar-refractivity contribution in [2.75, 3.05) is 5.32 Å².